The molecular formula is C16H25N3S2. The van der Waals surface area contributed by atoms with Gasteiger partial charge in [-0.3, -0.25) is 0 Å². The van der Waals surface area contributed by atoms with E-state index in [2.05, 4.69) is 42.4 Å². The average molecular weight is 324 g/mol. The Morgan fingerprint density at radius 1 is 1.43 bits per heavy atom. The molecule has 0 radical (unpaired) electrons. The monoisotopic (exact) mass is 323 g/mol. The van der Waals surface area contributed by atoms with Gasteiger partial charge in [-0.2, -0.15) is 0 Å². The highest BCUT2D eigenvalue weighted by Gasteiger charge is 2.17. The number of nitrogens with one attached hydrogen (secondary N) is 1. The summed E-state index contributed by atoms with van der Waals surface area (Å²) in [5, 5.41) is 3.58. The minimum atomic E-state index is 0.484. The van der Waals surface area contributed by atoms with Crippen LogP contribution in [0.5, 0.6) is 0 Å². The smallest absolute Gasteiger partial charge is 0.107 e. The van der Waals surface area contributed by atoms with E-state index in [-0.39, 0.29) is 0 Å². The minimum Gasteiger partial charge on any atom is -0.389 e. The van der Waals surface area contributed by atoms with Crippen molar-refractivity contribution < 1.29 is 0 Å². The molecule has 0 amide bonds. The lowest BCUT2D eigenvalue weighted by molar-refractivity contribution is 0.226. The van der Waals surface area contributed by atoms with Gasteiger partial charge in [0.2, 0.25) is 0 Å². The maximum Gasteiger partial charge on any atom is 0.107 e. The van der Waals surface area contributed by atoms with Crippen LogP contribution in [0.25, 0.3) is 0 Å². The quantitative estimate of drug-likeness (QED) is 0.621. The molecule has 1 fully saturated rings. The van der Waals surface area contributed by atoms with Crippen molar-refractivity contribution in [3.63, 3.8) is 0 Å². The van der Waals surface area contributed by atoms with Crippen LogP contribution in [0, 0.1) is 5.92 Å². The molecule has 1 aromatic rings. The Labute approximate surface area is 137 Å². The van der Waals surface area contributed by atoms with Crippen molar-refractivity contribution in [3.05, 3.63) is 23.8 Å². The summed E-state index contributed by atoms with van der Waals surface area (Å²) in [6.07, 6.45) is 2.52. The summed E-state index contributed by atoms with van der Waals surface area (Å²) in [5.41, 5.74) is 8.03. The fourth-order valence-electron chi connectivity index (χ4n) is 2.73. The lowest BCUT2D eigenvalue weighted by Crippen LogP contribution is -2.33. The second-order valence-electron chi connectivity index (χ2n) is 5.60. The normalized spacial score (nSPS) is 16.9. The first-order chi connectivity index (χ1) is 10.1. The molecule has 1 aromatic carbocycles. The number of anilines is 1. The van der Waals surface area contributed by atoms with Gasteiger partial charge in [-0.15, -0.1) is 11.8 Å². The molecule has 116 valence electrons. The summed E-state index contributed by atoms with van der Waals surface area (Å²) < 4.78 is 0. The fraction of sp³-hybridized carbons (Fsp3) is 0.562. The van der Waals surface area contributed by atoms with Gasteiger partial charge in [-0.05, 0) is 56.8 Å². The van der Waals surface area contributed by atoms with E-state index in [1.807, 2.05) is 0 Å². The summed E-state index contributed by atoms with van der Waals surface area (Å²) in [7, 11) is 2.19. The average Bonchev–Trinajstić information content (AvgIpc) is 2.47. The highest BCUT2D eigenvalue weighted by atomic mass is 32.2. The van der Waals surface area contributed by atoms with E-state index >= 15 is 0 Å². The molecule has 0 saturated carbocycles. The Morgan fingerprint density at radius 3 is 2.76 bits per heavy atom. The fourth-order valence-corrected chi connectivity index (χ4v) is 3.86. The first-order valence-electron chi connectivity index (χ1n) is 7.59. The maximum atomic E-state index is 5.94. The molecule has 0 bridgehead atoms. The summed E-state index contributed by atoms with van der Waals surface area (Å²) in [6, 6.07) is 6.27. The van der Waals surface area contributed by atoms with Crippen LogP contribution in [-0.4, -0.2) is 42.3 Å². The van der Waals surface area contributed by atoms with E-state index < -0.39 is 0 Å². The van der Waals surface area contributed by atoms with Gasteiger partial charge in [0, 0.05) is 22.7 Å². The lowest BCUT2D eigenvalue weighted by atomic mass is 9.97. The van der Waals surface area contributed by atoms with E-state index in [0.717, 1.165) is 29.5 Å². The van der Waals surface area contributed by atoms with Gasteiger partial charge < -0.3 is 16.0 Å². The zero-order valence-corrected chi connectivity index (χ0v) is 14.5. The van der Waals surface area contributed by atoms with Crippen molar-refractivity contribution >= 4 is 34.7 Å². The molecule has 0 spiro atoms. The molecular weight excluding hydrogens is 298 g/mol. The van der Waals surface area contributed by atoms with E-state index in [4.69, 9.17) is 18.0 Å². The summed E-state index contributed by atoms with van der Waals surface area (Å²) in [5.74, 6) is 1.76. The Bertz CT molecular complexity index is 482. The molecule has 3 nitrogen and oxygen atoms in total. The number of hydrogen-bond acceptors (Lipinski definition) is 4. The molecule has 1 heterocycles. The van der Waals surface area contributed by atoms with Gasteiger partial charge >= 0.3 is 0 Å². The third-order valence-electron chi connectivity index (χ3n) is 3.99. The number of benzene rings is 1. The van der Waals surface area contributed by atoms with Crippen LogP contribution >= 0.6 is 24.0 Å². The molecule has 0 aliphatic carbocycles. The SMILES string of the molecule is CCSc1cccc(NCC2CCN(C)CC2)c1C(N)=S. The van der Waals surface area contributed by atoms with Gasteiger partial charge in [0.05, 0.1) is 0 Å². The van der Waals surface area contributed by atoms with Crippen LogP contribution < -0.4 is 11.1 Å². The van der Waals surface area contributed by atoms with Gasteiger partial charge in [-0.25, -0.2) is 0 Å². The molecule has 0 unspecified atom stereocenters. The van der Waals surface area contributed by atoms with Gasteiger partial charge in [0.1, 0.15) is 4.99 Å². The lowest BCUT2D eigenvalue weighted by Gasteiger charge is -2.29. The number of hydrogen-bond donors (Lipinski definition) is 2. The number of thiocarbonyl (C=S) groups is 1. The van der Waals surface area contributed by atoms with Crippen molar-refractivity contribution in [2.24, 2.45) is 11.7 Å². The summed E-state index contributed by atoms with van der Waals surface area (Å²) in [6.45, 7) is 5.54. The van der Waals surface area contributed by atoms with Crippen LogP contribution in [0.3, 0.4) is 0 Å². The molecule has 21 heavy (non-hydrogen) atoms. The number of nitrogens with two attached hydrogens (primary N) is 1. The molecule has 2 rings (SSSR count). The van der Waals surface area contributed by atoms with Crippen LogP contribution in [-0.2, 0) is 0 Å². The van der Waals surface area contributed by atoms with Gasteiger partial charge in [0.25, 0.3) is 0 Å². The predicted molar refractivity (Wildman–Crippen MR) is 97.4 cm³/mol. The third-order valence-corrected chi connectivity index (χ3v) is 5.14. The minimum absolute atomic E-state index is 0.484. The van der Waals surface area contributed by atoms with Gasteiger partial charge in [0.15, 0.2) is 0 Å². The third kappa shape index (κ3) is 4.59. The highest BCUT2D eigenvalue weighted by molar-refractivity contribution is 7.99. The van der Waals surface area contributed by atoms with Crippen LogP contribution in [0.4, 0.5) is 5.69 Å². The highest BCUT2D eigenvalue weighted by Crippen LogP contribution is 2.29. The molecule has 1 aliphatic heterocycles. The molecule has 5 heteroatoms. The standard InChI is InChI=1S/C16H25N3S2/c1-3-21-14-6-4-5-13(15(14)16(17)20)18-11-12-7-9-19(2)10-8-12/h4-6,12,18H,3,7-11H2,1-2H3,(H2,17,20). The second-order valence-corrected chi connectivity index (χ2v) is 7.35. The number of nitrogens with zero attached hydrogens (tertiary/aromatic N) is 1. The van der Waals surface area contributed by atoms with Crippen LogP contribution in [0.2, 0.25) is 0 Å². The maximum absolute atomic E-state index is 5.94. The largest absolute Gasteiger partial charge is 0.389 e. The first-order valence-corrected chi connectivity index (χ1v) is 8.99. The summed E-state index contributed by atoms with van der Waals surface area (Å²) >= 11 is 7.05. The Kier molecular flexibility index (Phi) is 6.33. The number of likely N-dealkylation sites (tertiary alicyclic amines) is 1. The van der Waals surface area contributed by atoms with Crippen molar-refractivity contribution in [3.8, 4) is 0 Å². The number of thioether (sulfide) groups is 1. The Morgan fingerprint density at radius 2 is 2.14 bits per heavy atom. The number of rotatable bonds is 6. The van der Waals surface area contributed by atoms with E-state index in [9.17, 15) is 0 Å². The Hall–Kier alpha value is -0.780. The van der Waals surface area contributed by atoms with E-state index in [1.165, 1.54) is 30.8 Å². The summed E-state index contributed by atoms with van der Waals surface area (Å²) in [4.78, 5) is 4.06. The second kappa shape index (κ2) is 8.01. The molecule has 0 aromatic heterocycles. The van der Waals surface area contributed by atoms with E-state index in [1.54, 1.807) is 11.8 Å². The van der Waals surface area contributed by atoms with Crippen molar-refractivity contribution in [2.45, 2.75) is 24.7 Å². The topological polar surface area (TPSA) is 41.3 Å². The first kappa shape index (κ1) is 16.6. The van der Waals surface area contributed by atoms with Crippen molar-refractivity contribution in [1.82, 2.24) is 4.90 Å². The van der Waals surface area contributed by atoms with Crippen LogP contribution in [0.15, 0.2) is 23.1 Å². The molecule has 1 saturated heterocycles. The molecule has 3 N–H and O–H groups in total. The molecule has 1 aliphatic rings. The van der Waals surface area contributed by atoms with Crippen molar-refractivity contribution in [1.29, 1.82) is 0 Å². The van der Waals surface area contributed by atoms with E-state index in [0.29, 0.717) is 4.99 Å². The number of piperidine rings is 1. The zero-order valence-electron chi connectivity index (χ0n) is 12.9. The van der Waals surface area contributed by atoms with Crippen molar-refractivity contribution in [2.75, 3.05) is 37.8 Å². The van der Waals surface area contributed by atoms with Crippen LogP contribution in [0.1, 0.15) is 25.3 Å². The molecule has 0 atom stereocenters. The zero-order chi connectivity index (χ0) is 15.2. The Balaban J connectivity index is 2.05. The van der Waals surface area contributed by atoms with Gasteiger partial charge in [-0.1, -0.05) is 25.2 Å². The predicted octanol–water partition coefficient (Wildman–Crippen LogP) is 3.19.